The number of carbonyl (C=O) groups is 1. The van der Waals surface area contributed by atoms with Crippen LogP contribution in [0.4, 0.5) is 4.39 Å². The SMILES string of the molecule is CC1CCC(CNC(=O)c2ccc(F)c(Br)c2)C1. The molecule has 18 heavy (non-hydrogen) atoms. The smallest absolute Gasteiger partial charge is 0.251 e. The summed E-state index contributed by atoms with van der Waals surface area (Å²) >= 11 is 3.08. The summed E-state index contributed by atoms with van der Waals surface area (Å²) in [5, 5.41) is 2.93. The minimum absolute atomic E-state index is 0.129. The Morgan fingerprint density at radius 3 is 2.89 bits per heavy atom. The molecule has 0 heterocycles. The zero-order chi connectivity index (χ0) is 13.1. The summed E-state index contributed by atoms with van der Waals surface area (Å²) in [5.41, 5.74) is 0.495. The fourth-order valence-electron chi connectivity index (χ4n) is 2.49. The van der Waals surface area contributed by atoms with Crippen LogP contribution in [0.15, 0.2) is 22.7 Å². The van der Waals surface area contributed by atoms with Crippen molar-refractivity contribution in [3.63, 3.8) is 0 Å². The number of rotatable bonds is 3. The largest absolute Gasteiger partial charge is 0.352 e. The van der Waals surface area contributed by atoms with Gasteiger partial charge in [-0.3, -0.25) is 4.79 Å². The molecular weight excluding hydrogens is 297 g/mol. The van der Waals surface area contributed by atoms with Gasteiger partial charge < -0.3 is 5.32 Å². The molecule has 0 aliphatic heterocycles. The molecule has 1 amide bonds. The van der Waals surface area contributed by atoms with Gasteiger partial charge in [-0.05, 0) is 58.8 Å². The second-order valence-corrected chi connectivity index (χ2v) is 5.98. The van der Waals surface area contributed by atoms with Crippen LogP contribution in [-0.4, -0.2) is 12.5 Å². The highest BCUT2D eigenvalue weighted by Gasteiger charge is 2.21. The highest BCUT2D eigenvalue weighted by Crippen LogP contribution is 2.29. The number of benzene rings is 1. The first-order valence-electron chi connectivity index (χ1n) is 6.29. The van der Waals surface area contributed by atoms with E-state index in [1.54, 1.807) is 0 Å². The van der Waals surface area contributed by atoms with Crippen LogP contribution in [0.25, 0.3) is 0 Å². The highest BCUT2D eigenvalue weighted by atomic mass is 79.9. The zero-order valence-electron chi connectivity index (χ0n) is 10.4. The van der Waals surface area contributed by atoms with E-state index in [0.29, 0.717) is 16.0 Å². The van der Waals surface area contributed by atoms with Crippen LogP contribution >= 0.6 is 15.9 Å². The third-order valence-corrected chi connectivity index (χ3v) is 4.14. The van der Waals surface area contributed by atoms with Gasteiger partial charge in [-0.2, -0.15) is 0 Å². The van der Waals surface area contributed by atoms with Crippen molar-refractivity contribution in [1.82, 2.24) is 5.32 Å². The van der Waals surface area contributed by atoms with Crippen molar-refractivity contribution in [2.45, 2.75) is 26.2 Å². The molecule has 2 rings (SSSR count). The van der Waals surface area contributed by atoms with Gasteiger partial charge in [0, 0.05) is 12.1 Å². The van der Waals surface area contributed by atoms with Crippen LogP contribution in [-0.2, 0) is 0 Å². The number of carbonyl (C=O) groups excluding carboxylic acids is 1. The highest BCUT2D eigenvalue weighted by molar-refractivity contribution is 9.10. The minimum Gasteiger partial charge on any atom is -0.352 e. The van der Waals surface area contributed by atoms with Crippen LogP contribution in [0.1, 0.15) is 36.5 Å². The summed E-state index contributed by atoms with van der Waals surface area (Å²) in [6, 6.07) is 4.32. The molecule has 0 radical (unpaired) electrons. The first-order chi connectivity index (χ1) is 8.56. The van der Waals surface area contributed by atoms with E-state index in [4.69, 9.17) is 0 Å². The van der Waals surface area contributed by atoms with E-state index in [-0.39, 0.29) is 11.7 Å². The maximum absolute atomic E-state index is 13.1. The van der Waals surface area contributed by atoms with E-state index >= 15 is 0 Å². The standard InChI is InChI=1S/C14H17BrFNO/c1-9-2-3-10(6-9)8-17-14(18)11-4-5-13(16)12(15)7-11/h4-5,7,9-10H,2-3,6,8H2,1H3,(H,17,18). The Labute approximate surface area is 115 Å². The Morgan fingerprint density at radius 1 is 1.50 bits per heavy atom. The molecule has 4 heteroatoms. The lowest BCUT2D eigenvalue weighted by Gasteiger charge is -2.11. The van der Waals surface area contributed by atoms with Gasteiger partial charge in [-0.15, -0.1) is 0 Å². The van der Waals surface area contributed by atoms with Gasteiger partial charge >= 0.3 is 0 Å². The Kier molecular flexibility index (Phi) is 4.38. The molecule has 0 spiro atoms. The van der Waals surface area contributed by atoms with Crippen LogP contribution in [0, 0.1) is 17.7 Å². The normalized spacial score (nSPS) is 23.1. The van der Waals surface area contributed by atoms with Crippen molar-refractivity contribution in [2.75, 3.05) is 6.54 Å². The molecule has 1 aromatic carbocycles. The number of hydrogen-bond donors (Lipinski definition) is 1. The van der Waals surface area contributed by atoms with Gasteiger partial charge in [0.1, 0.15) is 5.82 Å². The second kappa shape index (κ2) is 5.83. The van der Waals surface area contributed by atoms with E-state index < -0.39 is 0 Å². The van der Waals surface area contributed by atoms with Gasteiger partial charge in [0.05, 0.1) is 4.47 Å². The van der Waals surface area contributed by atoms with Crippen LogP contribution in [0.3, 0.4) is 0 Å². The van der Waals surface area contributed by atoms with Gasteiger partial charge in [-0.25, -0.2) is 4.39 Å². The molecule has 1 fully saturated rings. The minimum atomic E-state index is -0.351. The van der Waals surface area contributed by atoms with Crippen LogP contribution < -0.4 is 5.32 Å². The van der Waals surface area contributed by atoms with Gasteiger partial charge in [-0.1, -0.05) is 13.3 Å². The molecule has 1 aliphatic carbocycles. The van der Waals surface area contributed by atoms with Crippen molar-refractivity contribution in [3.8, 4) is 0 Å². The summed E-state index contributed by atoms with van der Waals surface area (Å²) < 4.78 is 13.4. The summed E-state index contributed by atoms with van der Waals surface area (Å²) in [7, 11) is 0. The summed E-state index contributed by atoms with van der Waals surface area (Å²) in [5.74, 6) is 0.881. The molecule has 1 aliphatic rings. The van der Waals surface area contributed by atoms with E-state index in [0.717, 1.165) is 12.5 Å². The zero-order valence-corrected chi connectivity index (χ0v) is 12.0. The number of amides is 1. The van der Waals surface area contributed by atoms with Crippen LogP contribution in [0.2, 0.25) is 0 Å². The van der Waals surface area contributed by atoms with Crippen LogP contribution in [0.5, 0.6) is 0 Å². The number of nitrogens with one attached hydrogen (secondary N) is 1. The molecule has 1 aromatic rings. The van der Waals surface area contributed by atoms with E-state index in [1.807, 2.05) is 0 Å². The molecule has 0 saturated heterocycles. The maximum Gasteiger partial charge on any atom is 0.251 e. The predicted octanol–water partition coefficient (Wildman–Crippen LogP) is 3.75. The van der Waals surface area contributed by atoms with Crippen molar-refractivity contribution >= 4 is 21.8 Å². The lowest BCUT2D eigenvalue weighted by atomic mass is 10.1. The first kappa shape index (κ1) is 13.5. The van der Waals surface area contributed by atoms with Crippen molar-refractivity contribution in [2.24, 2.45) is 11.8 Å². The molecule has 98 valence electrons. The molecule has 0 bridgehead atoms. The molecule has 1 saturated carbocycles. The number of halogens is 2. The third kappa shape index (κ3) is 3.31. The van der Waals surface area contributed by atoms with E-state index in [2.05, 4.69) is 28.2 Å². The third-order valence-electron chi connectivity index (χ3n) is 3.54. The summed E-state index contributed by atoms with van der Waals surface area (Å²) in [6.07, 6.45) is 3.63. The van der Waals surface area contributed by atoms with E-state index in [1.165, 1.54) is 37.5 Å². The second-order valence-electron chi connectivity index (χ2n) is 5.12. The molecule has 2 atom stereocenters. The van der Waals surface area contributed by atoms with Gasteiger partial charge in [0.15, 0.2) is 0 Å². The Hall–Kier alpha value is -0.900. The fraction of sp³-hybridized carbons (Fsp3) is 0.500. The first-order valence-corrected chi connectivity index (χ1v) is 7.09. The summed E-state index contributed by atoms with van der Waals surface area (Å²) in [4.78, 5) is 11.9. The fourth-order valence-corrected chi connectivity index (χ4v) is 2.87. The van der Waals surface area contributed by atoms with Crippen molar-refractivity contribution < 1.29 is 9.18 Å². The molecule has 2 unspecified atom stereocenters. The molecule has 1 N–H and O–H groups in total. The summed E-state index contributed by atoms with van der Waals surface area (Å²) in [6.45, 7) is 2.97. The van der Waals surface area contributed by atoms with Crippen molar-refractivity contribution in [3.05, 3.63) is 34.1 Å². The Balaban J connectivity index is 1.89. The monoisotopic (exact) mass is 313 g/mol. The van der Waals surface area contributed by atoms with Gasteiger partial charge in [0.25, 0.3) is 5.91 Å². The maximum atomic E-state index is 13.1. The quantitative estimate of drug-likeness (QED) is 0.904. The average Bonchev–Trinajstić information content (AvgIpc) is 2.75. The van der Waals surface area contributed by atoms with Crippen molar-refractivity contribution in [1.29, 1.82) is 0 Å². The number of hydrogen-bond acceptors (Lipinski definition) is 1. The van der Waals surface area contributed by atoms with Gasteiger partial charge in [0.2, 0.25) is 0 Å². The molecule has 2 nitrogen and oxygen atoms in total. The average molecular weight is 314 g/mol. The van der Waals surface area contributed by atoms with E-state index in [9.17, 15) is 9.18 Å². The lowest BCUT2D eigenvalue weighted by Crippen LogP contribution is -2.28. The lowest BCUT2D eigenvalue weighted by molar-refractivity contribution is 0.0947. The predicted molar refractivity (Wildman–Crippen MR) is 72.9 cm³/mol. The molecule has 0 aromatic heterocycles. The molecular formula is C14H17BrFNO. The topological polar surface area (TPSA) is 29.1 Å². The Bertz CT molecular complexity index is 449. The Morgan fingerprint density at radius 2 is 2.28 bits per heavy atom.